The molecule has 0 bridgehead atoms. The van der Waals surface area contributed by atoms with E-state index in [-0.39, 0.29) is 28.9 Å². The topological polar surface area (TPSA) is 91.1 Å². The lowest BCUT2D eigenvalue weighted by Gasteiger charge is -2.43. The van der Waals surface area contributed by atoms with Gasteiger partial charge in [-0.3, -0.25) is 4.79 Å². The molecule has 9 nitrogen and oxygen atoms in total. The van der Waals surface area contributed by atoms with Crippen LogP contribution < -0.4 is 10.4 Å². The molecule has 300 valence electrons. The first-order chi connectivity index (χ1) is 26.4. The zero-order chi connectivity index (χ0) is 40.7. The number of fused-ring (bicyclic) bond motifs is 1. The monoisotopic (exact) mass is 825 g/mol. The molecule has 0 unspecified atom stereocenters. The van der Waals surface area contributed by atoms with E-state index in [4.69, 9.17) is 13.9 Å². The van der Waals surface area contributed by atoms with Crippen molar-refractivity contribution < 1.29 is 31.9 Å². The molecule has 1 fully saturated rings. The van der Waals surface area contributed by atoms with Gasteiger partial charge in [0.15, 0.2) is 5.82 Å². The zero-order valence-electron chi connectivity index (χ0n) is 33.1. The van der Waals surface area contributed by atoms with Gasteiger partial charge in [0.2, 0.25) is 5.78 Å². The number of ether oxygens (including phenoxy) is 2. The Balaban J connectivity index is 1.52. The highest BCUT2D eigenvalue weighted by atomic mass is 33.1. The Kier molecular flexibility index (Phi) is 14.2. The lowest BCUT2D eigenvalue weighted by Crippen LogP contribution is -2.67. The smallest absolute Gasteiger partial charge is 0.405 e. The lowest BCUT2D eigenvalue weighted by atomic mass is 10.2. The third-order valence-corrected chi connectivity index (χ3v) is 17.0. The van der Waals surface area contributed by atoms with Gasteiger partial charge in [-0.2, -0.15) is 13.2 Å². The number of benzene rings is 2. The lowest BCUT2D eigenvalue weighted by molar-refractivity contribution is -0.170. The van der Waals surface area contributed by atoms with Crippen LogP contribution in [0.4, 0.5) is 19.0 Å². The molecular weight excluding hydrogens is 776 g/mol. The third-order valence-electron chi connectivity index (χ3n) is 9.03. The fourth-order valence-corrected chi connectivity index (χ4v) is 13.2. The molecule has 5 rings (SSSR count). The highest BCUT2D eigenvalue weighted by Gasteiger charge is 2.51. The summed E-state index contributed by atoms with van der Waals surface area (Å²) in [6, 6.07) is 20.9. The fourth-order valence-electron chi connectivity index (χ4n) is 6.61. The van der Waals surface area contributed by atoms with E-state index in [0.29, 0.717) is 34.8 Å². The summed E-state index contributed by atoms with van der Waals surface area (Å²) in [4.78, 5) is 26.8. The molecule has 56 heavy (non-hydrogen) atoms. The van der Waals surface area contributed by atoms with E-state index in [1.54, 1.807) is 39.0 Å². The summed E-state index contributed by atoms with van der Waals surface area (Å²) in [5, 5.41) is 2.58. The summed E-state index contributed by atoms with van der Waals surface area (Å²) in [6.07, 6.45) is -2.03. The second-order valence-corrected chi connectivity index (χ2v) is 23.1. The Hall–Kier alpha value is -3.65. The molecule has 0 N–H and O–H groups in total. The molecule has 1 aliphatic heterocycles. The van der Waals surface area contributed by atoms with Gasteiger partial charge >= 0.3 is 6.18 Å². The minimum absolute atomic E-state index is 0.0442. The van der Waals surface area contributed by atoms with Crippen LogP contribution >= 0.6 is 21.6 Å². The van der Waals surface area contributed by atoms with Gasteiger partial charge in [-0.1, -0.05) is 136 Å². The van der Waals surface area contributed by atoms with E-state index in [0.717, 1.165) is 10.4 Å². The second kappa shape index (κ2) is 18.3. The number of aromatic nitrogens is 3. The molecule has 2 aromatic heterocycles. The largest absolute Gasteiger partial charge is 0.450 e. The number of ketones is 1. The first-order valence-electron chi connectivity index (χ1n) is 18.4. The Labute approximate surface area is 336 Å². The Morgan fingerprint density at radius 1 is 1.04 bits per heavy atom. The summed E-state index contributed by atoms with van der Waals surface area (Å²) in [5.41, 5.74) is 0.952. The van der Waals surface area contributed by atoms with Gasteiger partial charge in [-0.05, 0) is 15.4 Å². The van der Waals surface area contributed by atoms with E-state index < -0.39 is 39.0 Å². The van der Waals surface area contributed by atoms with Crippen LogP contribution in [0.5, 0.6) is 0 Å². The molecule has 0 aliphatic carbocycles. The number of rotatable bonds is 14. The summed E-state index contributed by atoms with van der Waals surface area (Å²) in [5.74, 6) is 4.68. The Morgan fingerprint density at radius 2 is 1.68 bits per heavy atom. The van der Waals surface area contributed by atoms with Crippen LogP contribution in [0.3, 0.4) is 0 Å². The molecule has 3 atom stereocenters. The van der Waals surface area contributed by atoms with Crippen molar-refractivity contribution in [1.82, 2.24) is 19.4 Å². The number of carbonyl (C=O) groups excluding carboxylic acids is 1. The molecule has 0 saturated carbocycles. The van der Waals surface area contributed by atoms with E-state index in [1.807, 2.05) is 30.8 Å². The molecule has 15 heteroatoms. The van der Waals surface area contributed by atoms with Gasteiger partial charge in [-0.25, -0.2) is 15.0 Å². The van der Waals surface area contributed by atoms with Crippen LogP contribution in [0.2, 0.25) is 5.04 Å². The third kappa shape index (κ3) is 10.6. The standard InChI is InChI=1S/C41H50F3N5O4S2Si/c1-39(2,3)55-54-28-51-32-23-35(53-33(32)25-52-56(40(4,5)6,30-18-11-9-12-19-30)31-20-13-10-14-21-31)49-24-29(17-15-16-22-34(50)41(42,43)44)36-37(47-27-48(7)8)45-26-46-38(36)49/h9-14,18-21,24,26-27,32-33,35H,16,22-23,25,28H2,1-8H3/t32-,33-,35-/m1/s1. The van der Waals surface area contributed by atoms with Gasteiger partial charge in [0.05, 0.1) is 30.0 Å². The fraction of sp³-hybridized carbons (Fsp3) is 0.463. The van der Waals surface area contributed by atoms with E-state index in [2.05, 4.69) is 117 Å². The molecule has 1 aliphatic rings. The molecule has 0 amide bonds. The molecule has 2 aromatic carbocycles. The van der Waals surface area contributed by atoms with Gasteiger partial charge < -0.3 is 23.4 Å². The average molecular weight is 826 g/mol. The molecule has 3 heterocycles. The van der Waals surface area contributed by atoms with Gasteiger partial charge in [0, 0.05) is 44.3 Å². The van der Waals surface area contributed by atoms with Crippen molar-refractivity contribution in [2.75, 3.05) is 26.6 Å². The SMILES string of the molecule is CN(C)C=Nc1ncnc2c1c(C#CCCC(=O)C(F)(F)F)cn2[C@H]1C[C@@H](OCSSC(C)(C)C)[C@@H](CO[Si](c2ccccc2)(c2ccccc2)C(C)(C)C)O1. The number of nitrogens with zero attached hydrogens (tertiary/aromatic N) is 5. The summed E-state index contributed by atoms with van der Waals surface area (Å²) in [6.45, 7) is 13.4. The van der Waals surface area contributed by atoms with Crippen molar-refractivity contribution in [2.45, 2.75) is 95.2 Å². The van der Waals surface area contributed by atoms with Crippen molar-refractivity contribution in [1.29, 1.82) is 0 Å². The molecule has 0 spiro atoms. The van der Waals surface area contributed by atoms with E-state index in [9.17, 15) is 18.0 Å². The predicted octanol–water partition coefficient (Wildman–Crippen LogP) is 8.30. The van der Waals surface area contributed by atoms with Crippen LogP contribution in [0.1, 0.15) is 72.6 Å². The van der Waals surface area contributed by atoms with Crippen molar-refractivity contribution >= 4 is 69.3 Å². The number of Topliss-reactive ketones (excluding diaryl/α,β-unsaturated/α-hetero) is 1. The van der Waals surface area contributed by atoms with Crippen molar-refractivity contribution in [3.05, 3.63) is 78.8 Å². The molecular formula is C41H50F3N5O4S2Si. The maximum absolute atomic E-state index is 12.9. The second-order valence-electron chi connectivity index (χ2n) is 15.8. The molecule has 4 aromatic rings. The maximum atomic E-state index is 12.9. The normalized spacial score (nSPS) is 18.0. The highest BCUT2D eigenvalue weighted by molar-refractivity contribution is 8.77. The van der Waals surface area contributed by atoms with Crippen LogP contribution in [-0.4, -0.2) is 89.6 Å². The van der Waals surface area contributed by atoms with Crippen LogP contribution in [0.15, 0.2) is 78.2 Å². The van der Waals surface area contributed by atoms with Gasteiger partial charge in [0.25, 0.3) is 8.32 Å². The van der Waals surface area contributed by atoms with E-state index >= 15 is 0 Å². The van der Waals surface area contributed by atoms with Crippen molar-refractivity contribution in [3.63, 3.8) is 0 Å². The maximum Gasteiger partial charge on any atom is 0.450 e. The summed E-state index contributed by atoms with van der Waals surface area (Å²) < 4.78 is 61.4. The minimum atomic E-state index is -4.90. The summed E-state index contributed by atoms with van der Waals surface area (Å²) >= 11 is 0. The van der Waals surface area contributed by atoms with E-state index in [1.165, 1.54) is 6.33 Å². The minimum Gasteiger partial charge on any atom is -0.405 e. The zero-order valence-corrected chi connectivity index (χ0v) is 35.7. The Bertz CT molecular complexity index is 1980. The summed E-state index contributed by atoms with van der Waals surface area (Å²) in [7, 11) is 4.12. The predicted molar refractivity (Wildman–Crippen MR) is 223 cm³/mol. The molecule has 1 saturated heterocycles. The number of alkyl halides is 3. The highest BCUT2D eigenvalue weighted by Crippen LogP contribution is 2.41. The first kappa shape index (κ1) is 43.5. The first-order valence-corrected chi connectivity index (χ1v) is 22.6. The number of halogens is 3. The van der Waals surface area contributed by atoms with Crippen molar-refractivity contribution in [3.8, 4) is 11.8 Å². The number of hydrogen-bond acceptors (Lipinski definition) is 9. The molecule has 0 radical (unpaired) electrons. The van der Waals surface area contributed by atoms with Gasteiger partial charge in [0.1, 0.15) is 30.2 Å². The number of aliphatic imine (C=N–C) groups is 1. The van der Waals surface area contributed by atoms with Crippen LogP contribution in [-0.2, 0) is 18.7 Å². The van der Waals surface area contributed by atoms with Gasteiger partial charge in [-0.15, -0.1) is 0 Å². The van der Waals surface area contributed by atoms with Crippen LogP contribution in [0.25, 0.3) is 11.0 Å². The average Bonchev–Trinajstić information content (AvgIpc) is 3.72. The van der Waals surface area contributed by atoms with Crippen molar-refractivity contribution in [2.24, 2.45) is 4.99 Å². The quantitative estimate of drug-likeness (QED) is 0.0237. The number of hydrogen-bond donors (Lipinski definition) is 0. The number of carbonyl (C=O) groups is 1. The van der Waals surface area contributed by atoms with Crippen LogP contribution in [0, 0.1) is 11.8 Å². The Morgan fingerprint density at radius 3 is 2.25 bits per heavy atom.